The van der Waals surface area contributed by atoms with Crippen molar-refractivity contribution in [1.29, 1.82) is 0 Å². The van der Waals surface area contributed by atoms with Gasteiger partial charge in [-0.25, -0.2) is 4.98 Å². The molecule has 0 spiro atoms. The van der Waals surface area contributed by atoms with Gasteiger partial charge in [-0.2, -0.15) is 0 Å². The van der Waals surface area contributed by atoms with Crippen molar-refractivity contribution in [2.45, 2.75) is 25.4 Å². The van der Waals surface area contributed by atoms with Crippen molar-refractivity contribution in [3.05, 3.63) is 30.1 Å². The number of hydrogen-bond acceptors (Lipinski definition) is 3. The zero-order chi connectivity index (χ0) is 11.7. The van der Waals surface area contributed by atoms with Gasteiger partial charge in [-0.05, 0) is 25.0 Å². The SMILES string of the molecule is COc1cccc2nc(CC3CCCO3)cn12. The molecule has 4 heteroatoms. The van der Waals surface area contributed by atoms with Crippen LogP contribution in [-0.4, -0.2) is 29.2 Å². The van der Waals surface area contributed by atoms with Crippen molar-refractivity contribution in [3.8, 4) is 5.88 Å². The van der Waals surface area contributed by atoms with Gasteiger partial charge in [0.25, 0.3) is 0 Å². The van der Waals surface area contributed by atoms with Crippen molar-refractivity contribution < 1.29 is 9.47 Å². The summed E-state index contributed by atoms with van der Waals surface area (Å²) in [6.45, 7) is 0.890. The average molecular weight is 232 g/mol. The van der Waals surface area contributed by atoms with E-state index in [4.69, 9.17) is 9.47 Å². The maximum atomic E-state index is 5.63. The minimum Gasteiger partial charge on any atom is -0.482 e. The lowest BCUT2D eigenvalue weighted by Gasteiger charge is -2.05. The van der Waals surface area contributed by atoms with Crippen LogP contribution in [0.15, 0.2) is 24.4 Å². The summed E-state index contributed by atoms with van der Waals surface area (Å²) in [6, 6.07) is 5.88. The molecule has 4 nitrogen and oxygen atoms in total. The van der Waals surface area contributed by atoms with E-state index in [1.165, 1.54) is 6.42 Å². The van der Waals surface area contributed by atoms with Crippen molar-refractivity contribution in [3.63, 3.8) is 0 Å². The summed E-state index contributed by atoms with van der Waals surface area (Å²) in [5.41, 5.74) is 2.00. The van der Waals surface area contributed by atoms with Crippen molar-refractivity contribution in [2.75, 3.05) is 13.7 Å². The Morgan fingerprint density at radius 2 is 2.47 bits per heavy atom. The number of ether oxygens (including phenoxy) is 2. The molecule has 0 aromatic carbocycles. The van der Waals surface area contributed by atoms with E-state index in [0.717, 1.165) is 36.7 Å². The van der Waals surface area contributed by atoms with Crippen LogP contribution < -0.4 is 4.74 Å². The van der Waals surface area contributed by atoms with Crippen molar-refractivity contribution in [2.24, 2.45) is 0 Å². The molecule has 3 rings (SSSR count). The topological polar surface area (TPSA) is 35.8 Å². The molecule has 0 N–H and O–H groups in total. The molecule has 0 saturated carbocycles. The first-order valence-electron chi connectivity index (χ1n) is 5.99. The third kappa shape index (κ3) is 2.00. The third-order valence-electron chi connectivity index (χ3n) is 3.17. The molecule has 1 atom stereocenters. The second kappa shape index (κ2) is 4.37. The maximum Gasteiger partial charge on any atom is 0.198 e. The second-order valence-electron chi connectivity index (χ2n) is 4.37. The van der Waals surface area contributed by atoms with Gasteiger partial charge in [0.15, 0.2) is 5.88 Å². The molecule has 1 unspecified atom stereocenters. The van der Waals surface area contributed by atoms with Gasteiger partial charge in [0.2, 0.25) is 0 Å². The lowest BCUT2D eigenvalue weighted by molar-refractivity contribution is 0.111. The fourth-order valence-electron chi connectivity index (χ4n) is 2.34. The largest absolute Gasteiger partial charge is 0.482 e. The fourth-order valence-corrected chi connectivity index (χ4v) is 2.34. The molecule has 90 valence electrons. The fraction of sp³-hybridized carbons (Fsp3) is 0.462. The van der Waals surface area contributed by atoms with Crippen molar-refractivity contribution in [1.82, 2.24) is 9.38 Å². The van der Waals surface area contributed by atoms with Gasteiger partial charge in [0.1, 0.15) is 5.65 Å². The van der Waals surface area contributed by atoms with Gasteiger partial charge in [-0.15, -0.1) is 0 Å². The molecule has 0 amide bonds. The van der Waals surface area contributed by atoms with Gasteiger partial charge in [-0.3, -0.25) is 4.40 Å². The lowest BCUT2D eigenvalue weighted by atomic mass is 10.1. The molecule has 1 saturated heterocycles. The maximum absolute atomic E-state index is 5.63. The summed E-state index contributed by atoms with van der Waals surface area (Å²) in [7, 11) is 1.68. The number of imidazole rings is 1. The van der Waals surface area contributed by atoms with Crippen LogP contribution in [0.1, 0.15) is 18.5 Å². The van der Waals surface area contributed by atoms with E-state index in [0.29, 0.717) is 6.10 Å². The molecule has 17 heavy (non-hydrogen) atoms. The number of fused-ring (bicyclic) bond motifs is 1. The Balaban J connectivity index is 1.90. The van der Waals surface area contributed by atoms with Gasteiger partial charge < -0.3 is 9.47 Å². The van der Waals surface area contributed by atoms with Crippen LogP contribution in [0.3, 0.4) is 0 Å². The first-order valence-corrected chi connectivity index (χ1v) is 5.99. The minimum atomic E-state index is 0.339. The van der Waals surface area contributed by atoms with Gasteiger partial charge in [0, 0.05) is 19.2 Å². The standard InChI is InChI=1S/C13H16N2O2/c1-16-13-6-2-5-12-14-10(9-15(12)13)8-11-4-3-7-17-11/h2,5-6,9,11H,3-4,7-8H2,1H3. The summed E-state index contributed by atoms with van der Waals surface area (Å²) in [5, 5.41) is 0. The Kier molecular flexibility index (Phi) is 2.73. The van der Waals surface area contributed by atoms with Crippen LogP contribution in [0.4, 0.5) is 0 Å². The van der Waals surface area contributed by atoms with E-state index < -0.39 is 0 Å². The van der Waals surface area contributed by atoms with Gasteiger partial charge >= 0.3 is 0 Å². The second-order valence-corrected chi connectivity index (χ2v) is 4.37. The number of pyridine rings is 1. The van der Waals surface area contributed by atoms with Gasteiger partial charge in [-0.1, -0.05) is 6.07 Å². The number of hydrogen-bond donors (Lipinski definition) is 0. The van der Waals surface area contributed by atoms with E-state index >= 15 is 0 Å². The zero-order valence-electron chi connectivity index (χ0n) is 9.93. The van der Waals surface area contributed by atoms with E-state index in [9.17, 15) is 0 Å². The highest BCUT2D eigenvalue weighted by Crippen LogP contribution is 2.19. The summed E-state index contributed by atoms with van der Waals surface area (Å²) < 4.78 is 12.9. The molecular formula is C13H16N2O2. The van der Waals surface area contributed by atoms with E-state index in [1.807, 2.05) is 28.8 Å². The van der Waals surface area contributed by atoms with Crippen LogP contribution >= 0.6 is 0 Å². The Hall–Kier alpha value is -1.55. The Morgan fingerprint density at radius 1 is 1.53 bits per heavy atom. The Labute approximate surface area is 100 Å². The first-order chi connectivity index (χ1) is 8.36. The number of aromatic nitrogens is 2. The average Bonchev–Trinajstić information content (AvgIpc) is 2.97. The molecule has 0 aliphatic carbocycles. The molecule has 1 aliphatic heterocycles. The first kappa shape index (κ1) is 10.6. The molecule has 1 aliphatic rings. The predicted octanol–water partition coefficient (Wildman–Crippen LogP) is 2.06. The summed E-state index contributed by atoms with van der Waals surface area (Å²) in [4.78, 5) is 4.59. The molecule has 0 bridgehead atoms. The van der Waals surface area contributed by atoms with Crippen molar-refractivity contribution >= 4 is 5.65 Å². The molecule has 1 fully saturated rings. The van der Waals surface area contributed by atoms with Crippen LogP contribution in [0.5, 0.6) is 5.88 Å². The quantitative estimate of drug-likeness (QED) is 0.812. The van der Waals surface area contributed by atoms with Crippen LogP contribution in [0.25, 0.3) is 5.65 Å². The normalized spacial score (nSPS) is 19.9. The summed E-state index contributed by atoms with van der Waals surface area (Å²) in [5.74, 6) is 0.814. The van der Waals surface area contributed by atoms with E-state index in [2.05, 4.69) is 4.98 Å². The van der Waals surface area contributed by atoms with Crippen LogP contribution in [0.2, 0.25) is 0 Å². The summed E-state index contributed by atoms with van der Waals surface area (Å²) >= 11 is 0. The van der Waals surface area contributed by atoms with Crippen LogP contribution in [-0.2, 0) is 11.2 Å². The molecule has 3 heterocycles. The smallest absolute Gasteiger partial charge is 0.198 e. The monoisotopic (exact) mass is 232 g/mol. The van der Waals surface area contributed by atoms with E-state index in [-0.39, 0.29) is 0 Å². The minimum absolute atomic E-state index is 0.339. The number of nitrogens with zero attached hydrogens (tertiary/aromatic N) is 2. The van der Waals surface area contributed by atoms with Gasteiger partial charge in [0.05, 0.1) is 18.9 Å². The summed E-state index contributed by atoms with van der Waals surface area (Å²) in [6.07, 6.45) is 5.58. The predicted molar refractivity (Wildman–Crippen MR) is 64.4 cm³/mol. The molecular weight excluding hydrogens is 216 g/mol. The Bertz CT molecular complexity index is 515. The third-order valence-corrected chi connectivity index (χ3v) is 3.17. The lowest BCUT2D eigenvalue weighted by Crippen LogP contribution is -2.08. The number of rotatable bonds is 3. The molecule has 2 aromatic heterocycles. The number of methoxy groups -OCH3 is 1. The molecule has 0 radical (unpaired) electrons. The highest BCUT2D eigenvalue weighted by molar-refractivity contribution is 5.43. The van der Waals surface area contributed by atoms with Crippen LogP contribution in [0, 0.1) is 0 Å². The highest BCUT2D eigenvalue weighted by atomic mass is 16.5. The molecule has 2 aromatic rings. The highest BCUT2D eigenvalue weighted by Gasteiger charge is 2.17. The van der Waals surface area contributed by atoms with E-state index in [1.54, 1.807) is 7.11 Å². The Morgan fingerprint density at radius 3 is 3.24 bits per heavy atom. The zero-order valence-corrected chi connectivity index (χ0v) is 9.93.